The van der Waals surface area contributed by atoms with Crippen molar-refractivity contribution in [2.45, 2.75) is 38.8 Å². The normalized spacial score (nSPS) is 17.5. The molecule has 0 bridgehead atoms. The number of nitrogen functional groups attached to an aromatic ring is 1. The van der Waals surface area contributed by atoms with Crippen molar-refractivity contribution in [3.63, 3.8) is 0 Å². The summed E-state index contributed by atoms with van der Waals surface area (Å²) < 4.78 is 10.1. The highest BCUT2D eigenvalue weighted by molar-refractivity contribution is 5.92. The molecule has 0 unspecified atom stereocenters. The summed E-state index contributed by atoms with van der Waals surface area (Å²) in [4.78, 5) is 25.4. The van der Waals surface area contributed by atoms with Gasteiger partial charge in [0.1, 0.15) is 5.60 Å². The van der Waals surface area contributed by atoms with Crippen molar-refractivity contribution >= 4 is 23.4 Å². The van der Waals surface area contributed by atoms with Crippen LogP contribution < -0.4 is 11.1 Å². The average Bonchev–Trinajstić information content (AvgIpc) is 2.96. The van der Waals surface area contributed by atoms with Crippen LogP contribution >= 0.6 is 0 Å². The summed E-state index contributed by atoms with van der Waals surface area (Å²) in [6.07, 6.45) is 0.462. The third-order valence-electron chi connectivity index (χ3n) is 3.67. The lowest BCUT2D eigenvalue weighted by Crippen LogP contribution is -2.36. The summed E-state index contributed by atoms with van der Waals surface area (Å²) in [6.45, 7) is 6.67. The Balaban J connectivity index is 2.00. The van der Waals surface area contributed by atoms with Gasteiger partial charge in [0.25, 0.3) is 0 Å². The molecule has 1 aliphatic heterocycles. The number of rotatable bonds is 3. The second kappa shape index (κ2) is 6.98. The number of carbonyl (C=O) groups excluding carboxylic acids is 2. The quantitative estimate of drug-likeness (QED) is 0.651. The van der Waals surface area contributed by atoms with Gasteiger partial charge < -0.3 is 25.4 Å². The molecule has 2 rings (SSSR count). The molecule has 3 N–H and O–H groups in total. The van der Waals surface area contributed by atoms with Crippen LogP contribution in [0.3, 0.4) is 0 Å². The molecule has 24 heavy (non-hydrogen) atoms. The molecule has 1 amide bonds. The highest BCUT2D eigenvalue weighted by Gasteiger charge is 2.30. The van der Waals surface area contributed by atoms with Gasteiger partial charge in [-0.05, 0) is 45.4 Å². The number of carbonyl (C=O) groups is 2. The van der Waals surface area contributed by atoms with E-state index < -0.39 is 11.6 Å². The predicted molar refractivity (Wildman–Crippen MR) is 92.0 cm³/mol. The van der Waals surface area contributed by atoms with Crippen LogP contribution in [-0.4, -0.2) is 48.8 Å². The van der Waals surface area contributed by atoms with Gasteiger partial charge in [0.05, 0.1) is 24.0 Å². The van der Waals surface area contributed by atoms with Crippen molar-refractivity contribution < 1.29 is 19.1 Å². The van der Waals surface area contributed by atoms with E-state index in [9.17, 15) is 9.59 Å². The Kier molecular flexibility index (Phi) is 5.21. The van der Waals surface area contributed by atoms with Crippen molar-refractivity contribution in [3.05, 3.63) is 23.8 Å². The highest BCUT2D eigenvalue weighted by atomic mass is 16.6. The van der Waals surface area contributed by atoms with E-state index in [2.05, 4.69) is 5.32 Å². The molecule has 132 valence electrons. The molecule has 0 spiro atoms. The van der Waals surface area contributed by atoms with Gasteiger partial charge in [-0.3, -0.25) is 0 Å². The first-order valence-corrected chi connectivity index (χ1v) is 7.92. The number of amides is 1. The molecule has 0 aromatic heterocycles. The summed E-state index contributed by atoms with van der Waals surface area (Å²) in [5.41, 5.74) is 7.08. The number of anilines is 2. The van der Waals surface area contributed by atoms with Crippen molar-refractivity contribution in [2.24, 2.45) is 0 Å². The SMILES string of the molecule is COC(=O)c1ccc(N)c(N[C@H]2CCN(C(=O)OC(C)(C)C)C2)c1. The van der Waals surface area contributed by atoms with Gasteiger partial charge in [-0.1, -0.05) is 0 Å². The standard InChI is InChI=1S/C17H25N3O4/c1-17(2,3)24-16(22)20-8-7-12(10-20)19-14-9-11(15(21)23-4)5-6-13(14)18/h5-6,9,12,19H,7-8,10,18H2,1-4H3/t12-/m0/s1. The highest BCUT2D eigenvalue weighted by Crippen LogP contribution is 2.24. The molecular weight excluding hydrogens is 310 g/mol. The minimum Gasteiger partial charge on any atom is -0.465 e. The zero-order valence-electron chi connectivity index (χ0n) is 14.6. The number of nitrogens with one attached hydrogen (secondary N) is 1. The van der Waals surface area contributed by atoms with E-state index in [0.29, 0.717) is 30.0 Å². The second-order valence-corrected chi connectivity index (χ2v) is 6.85. The fraction of sp³-hybridized carbons (Fsp3) is 0.529. The minimum absolute atomic E-state index is 0.0488. The van der Waals surface area contributed by atoms with Gasteiger partial charge in [0, 0.05) is 19.1 Å². The molecule has 0 aliphatic carbocycles. The summed E-state index contributed by atoms with van der Waals surface area (Å²) >= 11 is 0. The number of likely N-dealkylation sites (tertiary alicyclic amines) is 1. The van der Waals surface area contributed by atoms with Crippen LogP contribution in [0.15, 0.2) is 18.2 Å². The lowest BCUT2D eigenvalue weighted by Gasteiger charge is -2.24. The van der Waals surface area contributed by atoms with Gasteiger partial charge in [-0.2, -0.15) is 0 Å². The topological polar surface area (TPSA) is 93.9 Å². The number of ether oxygens (including phenoxy) is 2. The fourth-order valence-electron chi connectivity index (χ4n) is 2.52. The Hall–Kier alpha value is -2.44. The van der Waals surface area contributed by atoms with Crippen molar-refractivity contribution in [2.75, 3.05) is 31.2 Å². The predicted octanol–water partition coefficient (Wildman–Crippen LogP) is 2.48. The van der Waals surface area contributed by atoms with E-state index in [1.54, 1.807) is 23.1 Å². The lowest BCUT2D eigenvalue weighted by molar-refractivity contribution is 0.0293. The molecule has 0 radical (unpaired) electrons. The van der Waals surface area contributed by atoms with Gasteiger partial charge in [-0.15, -0.1) is 0 Å². The molecule has 1 heterocycles. The number of methoxy groups -OCH3 is 1. The van der Waals surface area contributed by atoms with Crippen LogP contribution in [0.4, 0.5) is 16.2 Å². The molecule has 7 heteroatoms. The first kappa shape index (κ1) is 17.9. The first-order chi connectivity index (χ1) is 11.2. The average molecular weight is 335 g/mol. The molecule has 0 saturated carbocycles. The van der Waals surface area contributed by atoms with E-state index in [1.807, 2.05) is 20.8 Å². The van der Waals surface area contributed by atoms with E-state index in [-0.39, 0.29) is 12.1 Å². The first-order valence-electron chi connectivity index (χ1n) is 7.92. The van der Waals surface area contributed by atoms with Crippen LogP contribution in [-0.2, 0) is 9.47 Å². The molecule has 1 aliphatic rings. The van der Waals surface area contributed by atoms with Crippen molar-refractivity contribution in [1.29, 1.82) is 0 Å². The fourth-order valence-corrected chi connectivity index (χ4v) is 2.52. The summed E-state index contributed by atoms with van der Waals surface area (Å²) in [5.74, 6) is -0.417. The smallest absolute Gasteiger partial charge is 0.410 e. The minimum atomic E-state index is -0.512. The van der Waals surface area contributed by atoms with Crippen LogP contribution in [0.1, 0.15) is 37.6 Å². The number of nitrogens with zero attached hydrogens (tertiary/aromatic N) is 1. The number of hydrogen-bond acceptors (Lipinski definition) is 6. The van der Waals surface area contributed by atoms with Crippen LogP contribution in [0.5, 0.6) is 0 Å². The Labute approximate surface area is 142 Å². The van der Waals surface area contributed by atoms with E-state index in [1.165, 1.54) is 7.11 Å². The largest absolute Gasteiger partial charge is 0.465 e. The molecular formula is C17H25N3O4. The summed E-state index contributed by atoms with van der Waals surface area (Å²) in [6, 6.07) is 4.99. The van der Waals surface area contributed by atoms with Crippen molar-refractivity contribution in [3.8, 4) is 0 Å². The van der Waals surface area contributed by atoms with Crippen LogP contribution in [0, 0.1) is 0 Å². The van der Waals surface area contributed by atoms with Gasteiger partial charge in [0.15, 0.2) is 0 Å². The lowest BCUT2D eigenvalue weighted by atomic mass is 10.1. The van der Waals surface area contributed by atoms with Gasteiger partial charge >= 0.3 is 12.1 Å². The maximum absolute atomic E-state index is 12.1. The molecule has 1 saturated heterocycles. The number of hydrogen-bond donors (Lipinski definition) is 2. The third kappa shape index (κ3) is 4.53. The van der Waals surface area contributed by atoms with Gasteiger partial charge in [-0.25, -0.2) is 9.59 Å². The van der Waals surface area contributed by atoms with Crippen molar-refractivity contribution in [1.82, 2.24) is 4.90 Å². The Morgan fingerprint density at radius 3 is 2.67 bits per heavy atom. The second-order valence-electron chi connectivity index (χ2n) is 6.85. The monoisotopic (exact) mass is 335 g/mol. The van der Waals surface area contributed by atoms with E-state index in [4.69, 9.17) is 15.2 Å². The summed E-state index contributed by atoms with van der Waals surface area (Å²) in [7, 11) is 1.33. The molecule has 1 aromatic carbocycles. The maximum Gasteiger partial charge on any atom is 0.410 e. The Bertz CT molecular complexity index is 625. The number of benzene rings is 1. The van der Waals surface area contributed by atoms with Crippen LogP contribution in [0.2, 0.25) is 0 Å². The molecule has 1 atom stereocenters. The number of esters is 1. The number of nitrogens with two attached hydrogens (primary N) is 1. The third-order valence-corrected chi connectivity index (χ3v) is 3.67. The van der Waals surface area contributed by atoms with E-state index >= 15 is 0 Å². The van der Waals surface area contributed by atoms with Crippen LogP contribution in [0.25, 0.3) is 0 Å². The molecule has 1 fully saturated rings. The summed E-state index contributed by atoms with van der Waals surface area (Å²) in [5, 5.41) is 3.29. The van der Waals surface area contributed by atoms with Gasteiger partial charge in [0.2, 0.25) is 0 Å². The zero-order valence-corrected chi connectivity index (χ0v) is 14.6. The maximum atomic E-state index is 12.1. The Morgan fingerprint density at radius 1 is 1.33 bits per heavy atom. The Morgan fingerprint density at radius 2 is 2.04 bits per heavy atom. The molecule has 7 nitrogen and oxygen atoms in total. The van der Waals surface area contributed by atoms with E-state index in [0.717, 1.165) is 6.42 Å². The molecule has 1 aromatic rings. The zero-order chi connectivity index (χ0) is 17.9.